The molecule has 24 heavy (non-hydrogen) atoms. The molecule has 134 valence electrons. The summed E-state index contributed by atoms with van der Waals surface area (Å²) in [4.78, 5) is 4.48. The second-order valence-corrected chi connectivity index (χ2v) is 6.37. The molecule has 0 radical (unpaired) electrons. The number of hydrogen-bond acceptors (Lipinski definition) is 3. The first kappa shape index (κ1) is 18.5. The standard InChI is InChI=1S/C18H28FN3O2/c1-3-20-17(22-13-18(23)10-6-7-11-18)21-12-14(2)24-16-9-5-4-8-15(16)19/h4-5,8-9,14,23H,3,6-7,10-13H2,1-2H3,(H2,20,21,22). The lowest BCUT2D eigenvalue weighted by Crippen LogP contribution is -2.43. The molecule has 3 N–H and O–H groups in total. The second-order valence-electron chi connectivity index (χ2n) is 6.37. The maximum atomic E-state index is 13.6. The molecule has 0 spiro atoms. The van der Waals surface area contributed by atoms with Gasteiger partial charge in [-0.15, -0.1) is 0 Å². The Labute approximate surface area is 143 Å². The zero-order valence-electron chi connectivity index (χ0n) is 14.5. The zero-order valence-corrected chi connectivity index (χ0v) is 14.5. The van der Waals surface area contributed by atoms with Crippen LogP contribution in [0.2, 0.25) is 0 Å². The number of aliphatic imine (C=N–C) groups is 1. The van der Waals surface area contributed by atoms with Crippen molar-refractivity contribution in [2.24, 2.45) is 4.99 Å². The summed E-state index contributed by atoms with van der Waals surface area (Å²) < 4.78 is 19.2. The van der Waals surface area contributed by atoms with Crippen molar-refractivity contribution in [2.75, 3.05) is 19.6 Å². The molecule has 1 aliphatic rings. The number of ether oxygens (including phenoxy) is 1. The van der Waals surface area contributed by atoms with Crippen LogP contribution in [0.5, 0.6) is 5.75 Å². The van der Waals surface area contributed by atoms with Crippen LogP contribution >= 0.6 is 0 Å². The number of nitrogens with one attached hydrogen (secondary N) is 2. The summed E-state index contributed by atoms with van der Waals surface area (Å²) in [6.07, 6.45) is 3.51. The summed E-state index contributed by atoms with van der Waals surface area (Å²) in [5.74, 6) is 0.518. The number of para-hydroxylation sites is 1. The van der Waals surface area contributed by atoms with E-state index in [1.165, 1.54) is 6.07 Å². The number of benzene rings is 1. The minimum atomic E-state index is -0.669. The van der Waals surface area contributed by atoms with Crippen molar-refractivity contribution in [3.63, 3.8) is 0 Å². The van der Waals surface area contributed by atoms with E-state index in [-0.39, 0.29) is 17.7 Å². The quantitative estimate of drug-likeness (QED) is 0.528. The molecule has 0 heterocycles. The maximum absolute atomic E-state index is 13.6. The number of guanidine groups is 1. The zero-order chi connectivity index (χ0) is 17.4. The molecule has 0 saturated heterocycles. The third-order valence-corrected chi connectivity index (χ3v) is 4.13. The summed E-state index contributed by atoms with van der Waals surface area (Å²) >= 11 is 0. The topological polar surface area (TPSA) is 65.9 Å². The SMILES string of the molecule is CCNC(=NCC1(O)CCCC1)NCC(C)Oc1ccccc1F. The first-order valence-electron chi connectivity index (χ1n) is 8.68. The van der Waals surface area contributed by atoms with Gasteiger partial charge in [0.25, 0.3) is 0 Å². The molecule has 1 saturated carbocycles. The molecular formula is C18H28FN3O2. The van der Waals surface area contributed by atoms with Crippen molar-refractivity contribution in [2.45, 2.75) is 51.2 Å². The van der Waals surface area contributed by atoms with E-state index in [0.717, 1.165) is 32.2 Å². The lowest BCUT2D eigenvalue weighted by atomic mass is 10.0. The van der Waals surface area contributed by atoms with Crippen LogP contribution < -0.4 is 15.4 Å². The second kappa shape index (κ2) is 8.87. The third-order valence-electron chi connectivity index (χ3n) is 4.13. The van der Waals surface area contributed by atoms with Crippen molar-refractivity contribution in [1.82, 2.24) is 10.6 Å². The minimum absolute atomic E-state index is 0.222. The van der Waals surface area contributed by atoms with E-state index in [1.54, 1.807) is 18.2 Å². The van der Waals surface area contributed by atoms with Gasteiger partial charge in [-0.3, -0.25) is 4.99 Å². The molecule has 0 aliphatic heterocycles. The van der Waals surface area contributed by atoms with Crippen LogP contribution in [0, 0.1) is 5.82 Å². The average molecular weight is 337 g/mol. The Morgan fingerprint density at radius 3 is 2.71 bits per heavy atom. The van der Waals surface area contributed by atoms with Crippen LogP contribution in [-0.2, 0) is 0 Å². The predicted molar refractivity (Wildman–Crippen MR) is 93.9 cm³/mol. The normalized spacial score (nSPS) is 18.2. The fraction of sp³-hybridized carbons (Fsp3) is 0.611. The molecule has 5 nitrogen and oxygen atoms in total. The number of hydrogen-bond donors (Lipinski definition) is 3. The largest absolute Gasteiger partial charge is 0.486 e. The number of nitrogens with zero attached hydrogens (tertiary/aromatic N) is 1. The van der Waals surface area contributed by atoms with Crippen LogP contribution in [0.4, 0.5) is 4.39 Å². The van der Waals surface area contributed by atoms with E-state index >= 15 is 0 Å². The Bertz CT molecular complexity index is 545. The van der Waals surface area contributed by atoms with E-state index in [9.17, 15) is 9.50 Å². The first-order valence-corrected chi connectivity index (χ1v) is 8.68. The molecule has 0 bridgehead atoms. The predicted octanol–water partition coefficient (Wildman–Crippen LogP) is 2.45. The lowest BCUT2D eigenvalue weighted by Gasteiger charge is -2.21. The fourth-order valence-corrected chi connectivity index (χ4v) is 2.80. The summed E-state index contributed by atoms with van der Waals surface area (Å²) in [5, 5.41) is 16.7. The lowest BCUT2D eigenvalue weighted by molar-refractivity contribution is 0.0574. The highest BCUT2D eigenvalue weighted by molar-refractivity contribution is 5.79. The van der Waals surface area contributed by atoms with Gasteiger partial charge in [0.05, 0.1) is 18.7 Å². The van der Waals surface area contributed by atoms with Gasteiger partial charge in [-0.1, -0.05) is 25.0 Å². The van der Waals surface area contributed by atoms with Gasteiger partial charge in [0.1, 0.15) is 6.10 Å². The molecule has 1 aromatic carbocycles. The van der Waals surface area contributed by atoms with Gasteiger partial charge in [-0.25, -0.2) is 4.39 Å². The van der Waals surface area contributed by atoms with Gasteiger partial charge < -0.3 is 20.5 Å². The van der Waals surface area contributed by atoms with Crippen molar-refractivity contribution in [3.8, 4) is 5.75 Å². The fourth-order valence-electron chi connectivity index (χ4n) is 2.80. The van der Waals surface area contributed by atoms with E-state index < -0.39 is 5.60 Å². The Hall–Kier alpha value is -1.82. The van der Waals surface area contributed by atoms with Gasteiger partial charge in [0.15, 0.2) is 17.5 Å². The third kappa shape index (κ3) is 5.67. The molecule has 0 aromatic heterocycles. The molecule has 1 unspecified atom stereocenters. The van der Waals surface area contributed by atoms with Crippen LogP contribution in [-0.4, -0.2) is 42.4 Å². The van der Waals surface area contributed by atoms with Crippen molar-refractivity contribution in [1.29, 1.82) is 0 Å². The van der Waals surface area contributed by atoms with Crippen molar-refractivity contribution in [3.05, 3.63) is 30.1 Å². The molecule has 2 rings (SSSR count). The Balaban J connectivity index is 1.85. The Kier molecular flexibility index (Phi) is 6.85. The van der Waals surface area contributed by atoms with Gasteiger partial charge in [-0.05, 0) is 38.8 Å². The first-order chi connectivity index (χ1) is 11.5. The highest BCUT2D eigenvalue weighted by atomic mass is 19.1. The highest BCUT2D eigenvalue weighted by Gasteiger charge is 2.30. The Morgan fingerprint density at radius 2 is 2.04 bits per heavy atom. The van der Waals surface area contributed by atoms with Crippen LogP contribution in [0.25, 0.3) is 0 Å². The Morgan fingerprint density at radius 1 is 1.33 bits per heavy atom. The van der Waals surface area contributed by atoms with Crippen molar-refractivity contribution < 1.29 is 14.2 Å². The van der Waals surface area contributed by atoms with E-state index in [4.69, 9.17) is 4.74 Å². The van der Waals surface area contributed by atoms with Crippen LogP contribution in [0.3, 0.4) is 0 Å². The average Bonchev–Trinajstić information content (AvgIpc) is 2.99. The molecule has 0 amide bonds. The number of aliphatic hydroxyl groups is 1. The summed E-state index contributed by atoms with van der Waals surface area (Å²) in [5.41, 5.74) is -0.669. The molecule has 1 atom stereocenters. The summed E-state index contributed by atoms with van der Waals surface area (Å²) in [7, 11) is 0. The molecule has 1 fully saturated rings. The van der Waals surface area contributed by atoms with Gasteiger partial charge in [0.2, 0.25) is 0 Å². The number of rotatable bonds is 7. The molecule has 1 aromatic rings. The van der Waals surface area contributed by atoms with Gasteiger partial charge >= 0.3 is 0 Å². The van der Waals surface area contributed by atoms with E-state index in [1.807, 2.05) is 13.8 Å². The van der Waals surface area contributed by atoms with E-state index in [2.05, 4.69) is 15.6 Å². The van der Waals surface area contributed by atoms with Gasteiger partial charge in [-0.2, -0.15) is 0 Å². The minimum Gasteiger partial charge on any atom is -0.486 e. The van der Waals surface area contributed by atoms with E-state index in [0.29, 0.717) is 19.0 Å². The maximum Gasteiger partial charge on any atom is 0.191 e. The number of halogens is 1. The molecule has 6 heteroatoms. The van der Waals surface area contributed by atoms with Crippen LogP contribution in [0.15, 0.2) is 29.3 Å². The molecule has 1 aliphatic carbocycles. The smallest absolute Gasteiger partial charge is 0.191 e. The summed E-state index contributed by atoms with van der Waals surface area (Å²) in [6.45, 7) is 5.46. The summed E-state index contributed by atoms with van der Waals surface area (Å²) in [6, 6.07) is 6.37. The van der Waals surface area contributed by atoms with Crippen molar-refractivity contribution >= 4 is 5.96 Å². The molecular weight excluding hydrogens is 309 g/mol. The van der Waals surface area contributed by atoms with Gasteiger partial charge in [0, 0.05) is 6.54 Å². The van der Waals surface area contributed by atoms with Crippen LogP contribution in [0.1, 0.15) is 39.5 Å². The monoisotopic (exact) mass is 337 g/mol. The highest BCUT2D eigenvalue weighted by Crippen LogP contribution is 2.29.